The van der Waals surface area contributed by atoms with Gasteiger partial charge in [0.25, 0.3) is 0 Å². The molecule has 2 rings (SSSR count). The summed E-state index contributed by atoms with van der Waals surface area (Å²) in [6, 6.07) is 2.74. The predicted octanol–water partition coefficient (Wildman–Crippen LogP) is 5.27. The molecule has 0 saturated heterocycles. The largest absolute Gasteiger partial charge is 0.393 e. The smallest absolute Gasteiger partial charge is 0.324 e. The van der Waals surface area contributed by atoms with Crippen molar-refractivity contribution in [2.45, 2.75) is 0 Å². The van der Waals surface area contributed by atoms with Crippen LogP contribution < -0.4 is 5.73 Å². The molecule has 0 amide bonds. The van der Waals surface area contributed by atoms with E-state index in [0.717, 1.165) is 0 Å². The molecule has 0 atom stereocenters. The maximum atomic E-state index is 10.4. The van der Waals surface area contributed by atoms with Crippen molar-refractivity contribution in [2.24, 2.45) is 0 Å². The van der Waals surface area contributed by atoms with Crippen LogP contribution in [-0.4, -0.2) is 19.8 Å². The van der Waals surface area contributed by atoms with Crippen LogP contribution in [-0.2, 0) is 0 Å². The Bertz CT molecular complexity index is 708. The van der Waals surface area contributed by atoms with Gasteiger partial charge in [0.05, 0.1) is 9.85 Å². The first-order valence-corrected chi connectivity index (χ1v) is 9.01. The highest BCUT2D eigenvalue weighted by Gasteiger charge is 2.19. The van der Waals surface area contributed by atoms with Crippen molar-refractivity contribution >= 4 is 92.4 Å². The first kappa shape index (κ1) is 21.2. The molecule has 24 heavy (non-hydrogen) atoms. The highest BCUT2D eigenvalue weighted by atomic mass is 79.9. The first-order chi connectivity index (χ1) is 11.0. The normalized spacial score (nSPS) is 9.88. The van der Waals surface area contributed by atoms with E-state index < -0.39 is 9.85 Å². The zero-order chi connectivity index (χ0) is 18.6. The molecule has 2 aromatic heterocycles. The van der Waals surface area contributed by atoms with E-state index in [1.54, 1.807) is 0 Å². The molecule has 0 aliphatic heterocycles. The molecular formula is C10H4Br4ClN5O4. The number of pyridine rings is 2. The Morgan fingerprint density at radius 1 is 0.917 bits per heavy atom. The molecule has 0 radical (unpaired) electrons. The number of nitrogens with zero attached hydrogens (tertiary/aromatic N) is 4. The van der Waals surface area contributed by atoms with Gasteiger partial charge in [-0.05, 0) is 69.8 Å². The van der Waals surface area contributed by atoms with Gasteiger partial charge < -0.3 is 5.73 Å². The van der Waals surface area contributed by atoms with Gasteiger partial charge in [0.15, 0.2) is 9.21 Å². The summed E-state index contributed by atoms with van der Waals surface area (Å²) in [5, 5.41) is 20.8. The fourth-order valence-electron chi connectivity index (χ4n) is 1.29. The zero-order valence-electron chi connectivity index (χ0n) is 11.0. The van der Waals surface area contributed by atoms with Gasteiger partial charge in [-0.3, -0.25) is 20.2 Å². The van der Waals surface area contributed by atoms with Gasteiger partial charge in [0.1, 0.15) is 19.9 Å². The van der Waals surface area contributed by atoms with Gasteiger partial charge in [0.2, 0.25) is 0 Å². The Morgan fingerprint density at radius 3 is 1.71 bits per heavy atom. The average molecular weight is 613 g/mol. The molecule has 0 aromatic carbocycles. The van der Waals surface area contributed by atoms with Crippen molar-refractivity contribution in [3.8, 4) is 0 Å². The third kappa shape index (κ3) is 5.58. The van der Waals surface area contributed by atoms with Crippen molar-refractivity contribution < 1.29 is 9.85 Å². The van der Waals surface area contributed by atoms with Crippen LogP contribution in [0.15, 0.2) is 30.5 Å². The summed E-state index contributed by atoms with van der Waals surface area (Å²) >= 11 is 17.6. The molecule has 0 spiro atoms. The molecule has 0 unspecified atom stereocenters. The molecule has 128 valence electrons. The fraction of sp³-hybridized carbons (Fsp3) is 0. The number of hydrogen-bond donors (Lipinski definition) is 1. The molecule has 2 N–H and O–H groups in total. The summed E-state index contributed by atoms with van der Waals surface area (Å²) < 4.78 is 1.15. The number of aromatic nitrogens is 2. The van der Waals surface area contributed by atoms with E-state index in [9.17, 15) is 20.2 Å². The fourth-order valence-corrected chi connectivity index (χ4v) is 4.22. The quantitative estimate of drug-likeness (QED) is 0.277. The van der Waals surface area contributed by atoms with Crippen LogP contribution in [0.1, 0.15) is 0 Å². The second-order valence-corrected chi connectivity index (χ2v) is 7.29. The highest BCUT2D eigenvalue weighted by molar-refractivity contribution is 9.11. The molecule has 2 heterocycles. The number of halogens is 5. The van der Waals surface area contributed by atoms with Gasteiger partial charge in [0, 0.05) is 6.07 Å². The Labute approximate surface area is 172 Å². The predicted molar refractivity (Wildman–Crippen MR) is 102 cm³/mol. The average Bonchev–Trinajstić information content (AvgIpc) is 2.35. The maximum Gasteiger partial charge on any atom is 0.324 e. The van der Waals surface area contributed by atoms with Crippen molar-refractivity contribution in [3.63, 3.8) is 0 Å². The SMILES string of the molecule is Nc1cc(Br)nc(Br)c1[N+](=O)[O-].O=[N+]([O-])c1c(Cl)cc(Br)nc1Br. The van der Waals surface area contributed by atoms with Crippen molar-refractivity contribution in [2.75, 3.05) is 5.73 Å². The summed E-state index contributed by atoms with van der Waals surface area (Å²) in [6.45, 7) is 0. The van der Waals surface area contributed by atoms with Crippen molar-refractivity contribution in [1.82, 2.24) is 9.97 Å². The summed E-state index contributed by atoms with van der Waals surface area (Å²) in [5.41, 5.74) is 5.03. The van der Waals surface area contributed by atoms with Crippen LogP contribution in [0.4, 0.5) is 17.1 Å². The van der Waals surface area contributed by atoms with Crippen LogP contribution in [0.2, 0.25) is 5.02 Å². The van der Waals surface area contributed by atoms with Crippen LogP contribution in [0.25, 0.3) is 0 Å². The summed E-state index contributed by atoms with van der Waals surface area (Å²) in [5.74, 6) is 0. The number of hydrogen-bond acceptors (Lipinski definition) is 7. The monoisotopic (exact) mass is 609 g/mol. The molecule has 14 heteroatoms. The lowest BCUT2D eigenvalue weighted by Crippen LogP contribution is -1.98. The molecule has 0 saturated carbocycles. The minimum Gasteiger partial charge on any atom is -0.393 e. The number of nitro groups is 2. The lowest BCUT2D eigenvalue weighted by molar-refractivity contribution is -0.385. The van der Waals surface area contributed by atoms with Crippen molar-refractivity contribution in [1.29, 1.82) is 0 Å². The molecule has 0 bridgehead atoms. The van der Waals surface area contributed by atoms with E-state index in [4.69, 9.17) is 17.3 Å². The van der Waals surface area contributed by atoms with E-state index in [2.05, 4.69) is 73.7 Å². The minimum absolute atomic E-state index is 0.0498. The van der Waals surface area contributed by atoms with Crippen LogP contribution in [0, 0.1) is 20.2 Å². The molecule has 0 aliphatic carbocycles. The maximum absolute atomic E-state index is 10.4. The Hall–Kier alpha value is -0.890. The molecule has 2 aromatic rings. The third-order valence-electron chi connectivity index (χ3n) is 2.19. The van der Waals surface area contributed by atoms with Gasteiger partial charge >= 0.3 is 11.4 Å². The van der Waals surface area contributed by atoms with Crippen LogP contribution in [0.3, 0.4) is 0 Å². The first-order valence-electron chi connectivity index (χ1n) is 5.46. The van der Waals surface area contributed by atoms with Gasteiger partial charge in [-0.1, -0.05) is 11.6 Å². The van der Waals surface area contributed by atoms with Crippen LogP contribution in [0.5, 0.6) is 0 Å². The highest BCUT2D eigenvalue weighted by Crippen LogP contribution is 2.33. The molecule has 0 aliphatic rings. The minimum atomic E-state index is -0.591. The third-order valence-corrected chi connectivity index (χ3v) is 4.39. The molecular weight excluding hydrogens is 609 g/mol. The second kappa shape index (κ2) is 8.99. The topological polar surface area (TPSA) is 138 Å². The number of nitrogens with two attached hydrogens (primary N) is 1. The van der Waals surface area contributed by atoms with E-state index in [1.807, 2.05) is 0 Å². The summed E-state index contributed by atoms with van der Waals surface area (Å²) in [6.07, 6.45) is 0. The second-order valence-electron chi connectivity index (χ2n) is 3.75. The van der Waals surface area contributed by atoms with E-state index in [-0.39, 0.29) is 31.3 Å². The number of nitrogen functional groups attached to an aromatic ring is 1. The van der Waals surface area contributed by atoms with Gasteiger partial charge in [-0.2, -0.15) is 0 Å². The molecule has 0 fully saturated rings. The summed E-state index contributed by atoms with van der Waals surface area (Å²) in [4.78, 5) is 27.1. The number of rotatable bonds is 2. The summed E-state index contributed by atoms with van der Waals surface area (Å²) in [7, 11) is 0. The number of anilines is 1. The zero-order valence-corrected chi connectivity index (χ0v) is 18.1. The Morgan fingerprint density at radius 2 is 1.33 bits per heavy atom. The Balaban J connectivity index is 0.000000240. The standard InChI is InChI=1S/C5HBr2ClN2O2.C5H3Br2N3O2/c2*6-3-1-2(8)4(10(11)12)5(7)9-3/h1H;1H,(H2,8,9). The van der Waals surface area contributed by atoms with E-state index >= 15 is 0 Å². The van der Waals surface area contributed by atoms with Gasteiger partial charge in [-0.25, -0.2) is 9.97 Å². The van der Waals surface area contributed by atoms with Crippen LogP contribution >= 0.6 is 75.3 Å². The lowest BCUT2D eigenvalue weighted by atomic mass is 10.4. The van der Waals surface area contributed by atoms with Crippen molar-refractivity contribution in [3.05, 3.63) is 55.8 Å². The molecule has 9 nitrogen and oxygen atoms in total. The van der Waals surface area contributed by atoms with E-state index in [0.29, 0.717) is 9.21 Å². The Kier molecular flexibility index (Phi) is 7.92. The van der Waals surface area contributed by atoms with Gasteiger partial charge in [-0.15, -0.1) is 0 Å². The van der Waals surface area contributed by atoms with E-state index in [1.165, 1.54) is 12.1 Å². The lowest BCUT2D eigenvalue weighted by Gasteiger charge is -1.98.